The number of sulfonamides is 1. The third kappa shape index (κ3) is 5.62. The van der Waals surface area contributed by atoms with Crippen LogP contribution in [-0.4, -0.2) is 81.0 Å². The van der Waals surface area contributed by atoms with Crippen molar-refractivity contribution in [1.82, 2.24) is 14.3 Å². The molecule has 9 nitrogen and oxygen atoms in total. The van der Waals surface area contributed by atoms with E-state index >= 15 is 0 Å². The van der Waals surface area contributed by atoms with Crippen LogP contribution in [0.15, 0.2) is 54.6 Å². The molecule has 2 fully saturated rings. The van der Waals surface area contributed by atoms with Gasteiger partial charge in [-0.3, -0.25) is 4.79 Å². The van der Waals surface area contributed by atoms with Crippen molar-refractivity contribution in [1.29, 1.82) is 0 Å². The molecule has 2 heterocycles. The highest BCUT2D eigenvalue weighted by Crippen LogP contribution is 2.38. The van der Waals surface area contributed by atoms with Crippen LogP contribution in [0.3, 0.4) is 0 Å². The SMILES string of the molecule is CC(c1ccc(C(=O)N2CCOC(C(=O)ON(C)C)C2)cc1)N1CCCC(c2ccccc2)S1(=O)=O. The van der Waals surface area contributed by atoms with Crippen molar-refractivity contribution in [2.45, 2.75) is 37.2 Å². The monoisotopic (exact) mass is 515 g/mol. The summed E-state index contributed by atoms with van der Waals surface area (Å²) in [5.74, 6) is -0.756. The topological polar surface area (TPSA) is 96.5 Å². The van der Waals surface area contributed by atoms with Crippen LogP contribution in [0, 0.1) is 0 Å². The van der Waals surface area contributed by atoms with Crippen LogP contribution < -0.4 is 0 Å². The molecule has 3 atom stereocenters. The van der Waals surface area contributed by atoms with Crippen molar-refractivity contribution in [2.75, 3.05) is 40.3 Å². The summed E-state index contributed by atoms with van der Waals surface area (Å²) < 4.78 is 34.0. The first-order chi connectivity index (χ1) is 17.2. The molecule has 3 unspecified atom stereocenters. The Balaban J connectivity index is 1.45. The fraction of sp³-hybridized carbons (Fsp3) is 0.462. The Bertz CT molecular complexity index is 1170. The van der Waals surface area contributed by atoms with Crippen LogP contribution >= 0.6 is 0 Å². The highest BCUT2D eigenvalue weighted by atomic mass is 32.2. The van der Waals surface area contributed by atoms with Gasteiger partial charge in [0, 0.05) is 38.8 Å². The Kier molecular flexibility index (Phi) is 8.09. The molecule has 2 aromatic carbocycles. The van der Waals surface area contributed by atoms with Gasteiger partial charge in [-0.15, -0.1) is 5.06 Å². The van der Waals surface area contributed by atoms with Gasteiger partial charge in [0.15, 0.2) is 6.10 Å². The van der Waals surface area contributed by atoms with Gasteiger partial charge in [0.05, 0.1) is 13.2 Å². The summed E-state index contributed by atoms with van der Waals surface area (Å²) in [6.45, 7) is 3.06. The van der Waals surface area contributed by atoms with E-state index in [2.05, 4.69) is 0 Å². The number of carbonyl (C=O) groups is 2. The molecule has 2 aromatic rings. The van der Waals surface area contributed by atoms with E-state index in [-0.39, 0.29) is 25.1 Å². The molecule has 0 aromatic heterocycles. The minimum atomic E-state index is -3.53. The summed E-state index contributed by atoms with van der Waals surface area (Å²) >= 11 is 0. The van der Waals surface area contributed by atoms with E-state index in [4.69, 9.17) is 9.57 Å². The highest BCUT2D eigenvalue weighted by molar-refractivity contribution is 7.89. The summed E-state index contributed by atoms with van der Waals surface area (Å²) in [7, 11) is -0.334. The number of rotatable bonds is 6. The second kappa shape index (κ2) is 11.1. The summed E-state index contributed by atoms with van der Waals surface area (Å²) in [4.78, 5) is 31.9. The fourth-order valence-electron chi connectivity index (χ4n) is 4.76. The van der Waals surface area contributed by atoms with Gasteiger partial charge < -0.3 is 14.5 Å². The molecule has 2 aliphatic rings. The number of carbonyl (C=O) groups excluding carboxylic acids is 2. The molecule has 0 N–H and O–H groups in total. The lowest BCUT2D eigenvalue weighted by Gasteiger charge is -2.36. The van der Waals surface area contributed by atoms with Gasteiger partial charge >= 0.3 is 5.97 Å². The van der Waals surface area contributed by atoms with E-state index in [1.54, 1.807) is 47.6 Å². The Morgan fingerprint density at radius 3 is 2.42 bits per heavy atom. The third-order valence-corrected chi connectivity index (χ3v) is 9.04. The van der Waals surface area contributed by atoms with Crippen molar-refractivity contribution in [3.63, 3.8) is 0 Å². The lowest BCUT2D eigenvalue weighted by molar-refractivity contribution is -0.195. The van der Waals surface area contributed by atoms with Crippen LogP contribution in [0.25, 0.3) is 0 Å². The van der Waals surface area contributed by atoms with E-state index in [0.29, 0.717) is 25.1 Å². The quantitative estimate of drug-likeness (QED) is 0.546. The molecule has 10 heteroatoms. The first-order valence-corrected chi connectivity index (χ1v) is 13.6. The zero-order chi connectivity index (χ0) is 25.9. The molecule has 2 aliphatic heterocycles. The molecule has 0 aliphatic carbocycles. The second-order valence-electron chi connectivity index (χ2n) is 9.33. The maximum absolute atomic E-state index is 13.5. The van der Waals surface area contributed by atoms with Crippen LogP contribution in [0.1, 0.15) is 52.5 Å². The zero-order valence-electron chi connectivity index (χ0n) is 20.9. The number of morpholine rings is 1. The number of benzene rings is 2. The molecular weight excluding hydrogens is 482 g/mol. The summed E-state index contributed by atoms with van der Waals surface area (Å²) in [6.07, 6.45) is 0.547. The van der Waals surface area contributed by atoms with Crippen molar-refractivity contribution < 1.29 is 27.6 Å². The molecule has 194 valence electrons. The van der Waals surface area contributed by atoms with Gasteiger partial charge in [-0.25, -0.2) is 13.2 Å². The average molecular weight is 516 g/mol. The molecule has 1 amide bonds. The number of hydroxylamine groups is 2. The number of nitrogens with zero attached hydrogens (tertiary/aromatic N) is 3. The third-order valence-electron chi connectivity index (χ3n) is 6.66. The van der Waals surface area contributed by atoms with Gasteiger partial charge in [-0.2, -0.15) is 4.31 Å². The number of amides is 1. The number of hydrogen-bond acceptors (Lipinski definition) is 7. The van der Waals surface area contributed by atoms with E-state index < -0.39 is 27.3 Å². The summed E-state index contributed by atoms with van der Waals surface area (Å²) in [6, 6.07) is 16.0. The van der Waals surface area contributed by atoms with E-state index in [1.165, 1.54) is 5.06 Å². The maximum atomic E-state index is 13.5. The van der Waals surface area contributed by atoms with E-state index in [0.717, 1.165) is 17.5 Å². The normalized spacial score (nSPS) is 23.3. The predicted molar refractivity (Wildman–Crippen MR) is 134 cm³/mol. The Morgan fingerprint density at radius 1 is 1.06 bits per heavy atom. The molecule has 0 bridgehead atoms. The number of ether oxygens (including phenoxy) is 1. The van der Waals surface area contributed by atoms with Gasteiger partial charge in [0.25, 0.3) is 5.91 Å². The Labute approximate surface area is 212 Å². The predicted octanol–water partition coefficient (Wildman–Crippen LogP) is 2.78. The standard InChI is InChI=1S/C26H33N3O6S/c1-19(29-15-7-10-24(36(29,32)33)21-8-5-4-6-9-21)20-11-13-22(14-12-20)25(30)28-16-17-34-23(18-28)26(31)35-27(2)3/h4-6,8-9,11-14,19,23-24H,7,10,15-18H2,1-3H3. The largest absolute Gasteiger partial charge is 0.366 e. The van der Waals surface area contributed by atoms with Gasteiger partial charge in [-0.05, 0) is 43.0 Å². The Morgan fingerprint density at radius 2 is 1.75 bits per heavy atom. The van der Waals surface area contributed by atoms with Crippen molar-refractivity contribution in [3.8, 4) is 0 Å². The Hall–Kier alpha value is -2.79. The van der Waals surface area contributed by atoms with Gasteiger partial charge in [0.2, 0.25) is 10.0 Å². The van der Waals surface area contributed by atoms with Crippen molar-refractivity contribution in [3.05, 3.63) is 71.3 Å². The molecule has 0 radical (unpaired) electrons. The molecule has 4 rings (SSSR count). The lowest BCUT2D eigenvalue weighted by atomic mass is 10.0. The van der Waals surface area contributed by atoms with Crippen molar-refractivity contribution >= 4 is 21.9 Å². The second-order valence-corrected chi connectivity index (χ2v) is 11.4. The average Bonchev–Trinajstić information content (AvgIpc) is 2.88. The van der Waals surface area contributed by atoms with Crippen molar-refractivity contribution in [2.24, 2.45) is 0 Å². The van der Waals surface area contributed by atoms with Crippen LogP contribution in [0.2, 0.25) is 0 Å². The molecule has 0 spiro atoms. The van der Waals surface area contributed by atoms with Gasteiger partial charge in [0.1, 0.15) is 5.25 Å². The minimum Gasteiger partial charge on any atom is -0.366 e. The minimum absolute atomic E-state index is 0.108. The molecule has 2 saturated heterocycles. The lowest BCUT2D eigenvalue weighted by Crippen LogP contribution is -2.49. The molecular formula is C26H33N3O6S. The van der Waals surface area contributed by atoms with E-state index in [9.17, 15) is 18.0 Å². The number of hydrogen-bond donors (Lipinski definition) is 0. The highest BCUT2D eigenvalue weighted by Gasteiger charge is 2.39. The molecule has 0 saturated carbocycles. The zero-order valence-corrected chi connectivity index (χ0v) is 21.7. The van der Waals surface area contributed by atoms with Crippen LogP contribution in [0.4, 0.5) is 0 Å². The van der Waals surface area contributed by atoms with Gasteiger partial charge in [-0.1, -0.05) is 42.5 Å². The summed E-state index contributed by atoms with van der Waals surface area (Å²) in [5, 5.41) is 0.737. The van der Waals surface area contributed by atoms with E-state index in [1.807, 2.05) is 37.3 Å². The smallest absolute Gasteiger partial charge is 0.355 e. The molecule has 36 heavy (non-hydrogen) atoms. The van der Waals surface area contributed by atoms with Crippen LogP contribution in [-0.2, 0) is 24.4 Å². The fourth-order valence-corrected chi connectivity index (χ4v) is 7.00. The first kappa shape index (κ1) is 26.3. The van der Waals surface area contributed by atoms with Crippen LogP contribution in [0.5, 0.6) is 0 Å². The summed E-state index contributed by atoms with van der Waals surface area (Å²) in [5.41, 5.74) is 2.10. The first-order valence-electron chi connectivity index (χ1n) is 12.1. The maximum Gasteiger partial charge on any atom is 0.355 e.